The molecule has 0 radical (unpaired) electrons. The summed E-state index contributed by atoms with van der Waals surface area (Å²) in [6.45, 7) is 6.51. The molecule has 0 N–H and O–H groups in total. The minimum absolute atomic E-state index is 0.349. The van der Waals surface area contributed by atoms with Crippen LogP contribution in [0.1, 0.15) is 49.3 Å². The molecule has 1 aliphatic carbocycles. The molecule has 0 saturated heterocycles. The molecule has 0 amide bonds. The van der Waals surface area contributed by atoms with Crippen molar-refractivity contribution in [2.45, 2.75) is 39.5 Å². The molecular formula is C18H22O4. The zero-order chi connectivity index (χ0) is 16.1. The van der Waals surface area contributed by atoms with Gasteiger partial charge in [0.15, 0.2) is 0 Å². The fourth-order valence-electron chi connectivity index (χ4n) is 2.62. The van der Waals surface area contributed by atoms with E-state index in [1.165, 1.54) is 0 Å². The Morgan fingerprint density at radius 1 is 1.09 bits per heavy atom. The van der Waals surface area contributed by atoms with E-state index in [9.17, 15) is 9.59 Å². The fraction of sp³-hybridized carbons (Fsp3) is 0.444. The first-order valence-electron chi connectivity index (χ1n) is 7.75. The molecule has 0 heterocycles. The molecule has 1 aliphatic rings. The second-order valence-corrected chi connectivity index (χ2v) is 5.41. The standard InChI is InChI=1S/C18H22O4/c1-4-9-21-17(19)14-11-13-8-6-7-12(3)15(13)16(14)18(20)22-10-5-2/h6-8,11,16H,4-5,9-10H2,1-3H3. The van der Waals surface area contributed by atoms with E-state index in [2.05, 4.69) is 0 Å². The summed E-state index contributed by atoms with van der Waals surface area (Å²) in [6, 6.07) is 5.76. The van der Waals surface area contributed by atoms with Crippen molar-refractivity contribution in [2.24, 2.45) is 0 Å². The van der Waals surface area contributed by atoms with Crippen molar-refractivity contribution in [3.8, 4) is 0 Å². The molecule has 1 aromatic rings. The Morgan fingerprint density at radius 2 is 1.77 bits per heavy atom. The van der Waals surface area contributed by atoms with E-state index in [-0.39, 0.29) is 5.97 Å². The van der Waals surface area contributed by atoms with Gasteiger partial charge in [0.1, 0.15) is 5.92 Å². The second-order valence-electron chi connectivity index (χ2n) is 5.41. The van der Waals surface area contributed by atoms with Crippen LogP contribution in [0.25, 0.3) is 6.08 Å². The lowest BCUT2D eigenvalue weighted by Gasteiger charge is -2.16. The lowest BCUT2D eigenvalue weighted by Crippen LogP contribution is -2.22. The van der Waals surface area contributed by atoms with Gasteiger partial charge in [-0.15, -0.1) is 0 Å². The predicted molar refractivity (Wildman–Crippen MR) is 84.4 cm³/mol. The number of hydrogen-bond donors (Lipinski definition) is 0. The molecule has 4 heteroatoms. The summed E-state index contributed by atoms with van der Waals surface area (Å²) < 4.78 is 10.5. The van der Waals surface area contributed by atoms with Gasteiger partial charge < -0.3 is 9.47 Å². The highest BCUT2D eigenvalue weighted by atomic mass is 16.5. The lowest BCUT2D eigenvalue weighted by atomic mass is 9.92. The largest absolute Gasteiger partial charge is 0.465 e. The fourth-order valence-corrected chi connectivity index (χ4v) is 2.62. The average Bonchev–Trinajstić information content (AvgIpc) is 2.91. The first-order chi connectivity index (χ1) is 10.6. The Bertz CT molecular complexity index is 601. The minimum atomic E-state index is -0.674. The highest BCUT2D eigenvalue weighted by Crippen LogP contribution is 2.39. The molecule has 2 rings (SSSR count). The van der Waals surface area contributed by atoms with Gasteiger partial charge in [-0.25, -0.2) is 4.79 Å². The van der Waals surface area contributed by atoms with Gasteiger partial charge in [0.2, 0.25) is 0 Å². The van der Waals surface area contributed by atoms with Crippen LogP contribution in [-0.4, -0.2) is 25.2 Å². The third-order valence-corrected chi connectivity index (χ3v) is 3.63. The van der Waals surface area contributed by atoms with Gasteiger partial charge in [-0.2, -0.15) is 0 Å². The molecule has 0 fully saturated rings. The van der Waals surface area contributed by atoms with Gasteiger partial charge in [0.25, 0.3) is 0 Å². The first kappa shape index (κ1) is 16.3. The van der Waals surface area contributed by atoms with Crippen LogP contribution in [-0.2, 0) is 19.1 Å². The zero-order valence-corrected chi connectivity index (χ0v) is 13.3. The van der Waals surface area contributed by atoms with Gasteiger partial charge >= 0.3 is 11.9 Å². The van der Waals surface area contributed by atoms with Crippen molar-refractivity contribution in [1.82, 2.24) is 0 Å². The normalized spacial score (nSPS) is 16.0. The number of fused-ring (bicyclic) bond motifs is 1. The number of ether oxygens (including phenoxy) is 2. The molecule has 4 nitrogen and oxygen atoms in total. The van der Waals surface area contributed by atoms with Crippen LogP contribution in [0.5, 0.6) is 0 Å². The molecular weight excluding hydrogens is 280 g/mol. The first-order valence-corrected chi connectivity index (χ1v) is 7.75. The summed E-state index contributed by atoms with van der Waals surface area (Å²) in [5.41, 5.74) is 3.10. The highest BCUT2D eigenvalue weighted by Gasteiger charge is 2.38. The molecule has 0 saturated carbocycles. The molecule has 0 spiro atoms. The van der Waals surface area contributed by atoms with E-state index in [0.717, 1.165) is 29.5 Å². The maximum Gasteiger partial charge on any atom is 0.335 e. The molecule has 1 aromatic carbocycles. The summed E-state index contributed by atoms with van der Waals surface area (Å²) in [7, 11) is 0. The van der Waals surface area contributed by atoms with Gasteiger partial charge in [-0.05, 0) is 42.5 Å². The van der Waals surface area contributed by atoms with Crippen molar-refractivity contribution < 1.29 is 19.1 Å². The van der Waals surface area contributed by atoms with Crippen LogP contribution >= 0.6 is 0 Å². The molecule has 0 aliphatic heterocycles. The number of esters is 2. The van der Waals surface area contributed by atoms with E-state index >= 15 is 0 Å². The van der Waals surface area contributed by atoms with Crippen LogP contribution in [0.3, 0.4) is 0 Å². The van der Waals surface area contributed by atoms with Crippen LogP contribution in [0, 0.1) is 6.92 Å². The third-order valence-electron chi connectivity index (χ3n) is 3.63. The highest BCUT2D eigenvalue weighted by molar-refractivity contribution is 6.06. The summed E-state index contributed by atoms with van der Waals surface area (Å²) in [4.78, 5) is 24.7. The van der Waals surface area contributed by atoms with Crippen LogP contribution < -0.4 is 0 Å². The maximum atomic E-state index is 12.4. The molecule has 1 unspecified atom stereocenters. The number of benzene rings is 1. The Balaban J connectivity index is 2.34. The van der Waals surface area contributed by atoms with Gasteiger partial charge in [-0.1, -0.05) is 32.0 Å². The van der Waals surface area contributed by atoms with E-state index in [0.29, 0.717) is 18.8 Å². The quantitative estimate of drug-likeness (QED) is 0.756. The Kier molecular flexibility index (Phi) is 5.36. The Hall–Kier alpha value is -2.10. The van der Waals surface area contributed by atoms with E-state index in [4.69, 9.17) is 9.47 Å². The predicted octanol–water partition coefficient (Wildman–Crippen LogP) is 3.38. The number of hydrogen-bond acceptors (Lipinski definition) is 4. The SMILES string of the molecule is CCCOC(=O)C1=Cc2cccc(C)c2C1C(=O)OCCC. The smallest absolute Gasteiger partial charge is 0.335 e. The van der Waals surface area contributed by atoms with Crippen molar-refractivity contribution in [3.05, 3.63) is 40.5 Å². The monoisotopic (exact) mass is 302 g/mol. The van der Waals surface area contributed by atoms with Crippen LogP contribution in [0.4, 0.5) is 0 Å². The molecule has 0 bridgehead atoms. The maximum absolute atomic E-state index is 12.4. The van der Waals surface area contributed by atoms with Crippen LogP contribution in [0.15, 0.2) is 23.8 Å². The topological polar surface area (TPSA) is 52.6 Å². The van der Waals surface area contributed by atoms with E-state index in [1.54, 1.807) is 6.08 Å². The van der Waals surface area contributed by atoms with Crippen molar-refractivity contribution in [3.63, 3.8) is 0 Å². The van der Waals surface area contributed by atoms with Gasteiger partial charge in [-0.3, -0.25) is 4.79 Å². The number of carbonyl (C=O) groups is 2. The summed E-state index contributed by atoms with van der Waals surface area (Å²) in [5, 5.41) is 0. The Morgan fingerprint density at radius 3 is 2.45 bits per heavy atom. The van der Waals surface area contributed by atoms with Crippen molar-refractivity contribution in [2.75, 3.05) is 13.2 Å². The van der Waals surface area contributed by atoms with Crippen LogP contribution in [0.2, 0.25) is 0 Å². The summed E-state index contributed by atoms with van der Waals surface area (Å²) >= 11 is 0. The third kappa shape index (κ3) is 3.21. The average molecular weight is 302 g/mol. The molecule has 0 aromatic heterocycles. The lowest BCUT2D eigenvalue weighted by molar-refractivity contribution is -0.147. The number of carbonyl (C=O) groups excluding carboxylic acids is 2. The second kappa shape index (κ2) is 7.25. The zero-order valence-electron chi connectivity index (χ0n) is 13.3. The van der Waals surface area contributed by atoms with E-state index in [1.807, 2.05) is 39.0 Å². The summed E-state index contributed by atoms with van der Waals surface area (Å²) in [6.07, 6.45) is 3.24. The number of rotatable bonds is 6. The van der Waals surface area contributed by atoms with E-state index < -0.39 is 11.9 Å². The Labute approximate surface area is 131 Å². The molecule has 1 atom stereocenters. The number of aryl methyl sites for hydroxylation is 1. The van der Waals surface area contributed by atoms with Gasteiger partial charge in [0, 0.05) is 0 Å². The molecule has 118 valence electrons. The van der Waals surface area contributed by atoms with Crippen molar-refractivity contribution in [1.29, 1.82) is 0 Å². The van der Waals surface area contributed by atoms with Gasteiger partial charge in [0.05, 0.1) is 18.8 Å². The van der Waals surface area contributed by atoms with Crippen molar-refractivity contribution >= 4 is 18.0 Å². The minimum Gasteiger partial charge on any atom is -0.465 e. The summed E-state index contributed by atoms with van der Waals surface area (Å²) in [5.74, 6) is -1.49. The molecule has 22 heavy (non-hydrogen) atoms.